The quantitative estimate of drug-likeness (QED) is 0.199. The van der Waals surface area contributed by atoms with Crippen LogP contribution in [0.1, 0.15) is 22.8 Å². The summed E-state index contributed by atoms with van der Waals surface area (Å²) in [6.45, 7) is 3.38. The van der Waals surface area contributed by atoms with E-state index in [0.29, 0.717) is 33.8 Å². The number of aliphatic imine (C=N–C) groups is 1. The highest BCUT2D eigenvalue weighted by atomic mass is 32.2. The molecule has 0 saturated carbocycles. The lowest BCUT2D eigenvalue weighted by atomic mass is 10.0. The Balaban J connectivity index is 1.33. The molecule has 0 spiro atoms. The third kappa shape index (κ3) is 7.77. The van der Waals surface area contributed by atoms with Crippen LogP contribution in [0.5, 0.6) is 5.75 Å². The lowest BCUT2D eigenvalue weighted by molar-refractivity contribution is -0.274. The zero-order valence-electron chi connectivity index (χ0n) is 24.8. The molecule has 1 aliphatic heterocycles. The van der Waals surface area contributed by atoms with Gasteiger partial charge in [0.05, 0.1) is 23.5 Å². The number of hydrogen-bond acceptors (Lipinski definition) is 6. The number of hydrogen-bond donors (Lipinski definition) is 1. The van der Waals surface area contributed by atoms with Crippen molar-refractivity contribution in [2.45, 2.75) is 32.5 Å². The SMILES string of the molecule is COC(c1ccc(C)cc1N1C(=O)CS/C1=N\C(=O)Nc1ccc(-c2cn(-c3ccc(OC(F)(F)F)cc3)cn2)cc1C)C(F)(F)F. The van der Waals surface area contributed by atoms with E-state index >= 15 is 0 Å². The van der Waals surface area contributed by atoms with E-state index in [4.69, 9.17) is 4.74 Å². The summed E-state index contributed by atoms with van der Waals surface area (Å²) in [7, 11) is 0.920. The Morgan fingerprint density at radius 1 is 1.02 bits per heavy atom. The fourth-order valence-electron chi connectivity index (χ4n) is 4.81. The molecule has 1 aromatic heterocycles. The molecular formula is C31H25F6N5O4S. The van der Waals surface area contributed by atoms with Crippen molar-refractivity contribution in [2.24, 2.45) is 4.99 Å². The van der Waals surface area contributed by atoms with Gasteiger partial charge >= 0.3 is 18.6 Å². The zero-order chi connectivity index (χ0) is 34.1. The minimum Gasteiger partial charge on any atom is -0.406 e. The fraction of sp³-hybridized carbons (Fsp3) is 0.226. The summed E-state index contributed by atoms with van der Waals surface area (Å²) in [5.41, 5.74) is 2.98. The molecule has 47 heavy (non-hydrogen) atoms. The van der Waals surface area contributed by atoms with Gasteiger partial charge in [0.25, 0.3) is 0 Å². The Morgan fingerprint density at radius 3 is 2.38 bits per heavy atom. The van der Waals surface area contributed by atoms with Crippen LogP contribution in [0, 0.1) is 13.8 Å². The van der Waals surface area contributed by atoms with Crippen LogP contribution in [0.25, 0.3) is 16.9 Å². The summed E-state index contributed by atoms with van der Waals surface area (Å²) in [4.78, 5) is 35.2. The molecule has 4 aromatic rings. The van der Waals surface area contributed by atoms with Gasteiger partial charge in [0, 0.05) is 35.8 Å². The zero-order valence-corrected chi connectivity index (χ0v) is 25.6. The van der Waals surface area contributed by atoms with Crippen molar-refractivity contribution in [2.75, 3.05) is 23.1 Å². The number of amidine groups is 1. The number of thioether (sulfide) groups is 1. The average Bonchev–Trinajstić information content (AvgIpc) is 3.61. The maximum Gasteiger partial charge on any atom is 0.573 e. The second kappa shape index (κ2) is 13.1. The number of imidazole rings is 1. The van der Waals surface area contributed by atoms with E-state index in [1.165, 1.54) is 48.8 Å². The highest BCUT2D eigenvalue weighted by Crippen LogP contribution is 2.42. The predicted octanol–water partition coefficient (Wildman–Crippen LogP) is 7.97. The number of carbonyl (C=O) groups excluding carboxylic acids is 2. The minimum atomic E-state index is -4.80. The average molecular weight is 678 g/mol. The number of nitrogens with one attached hydrogen (secondary N) is 1. The van der Waals surface area contributed by atoms with Gasteiger partial charge in [-0.05, 0) is 67.4 Å². The lowest BCUT2D eigenvalue weighted by Gasteiger charge is -2.26. The Kier molecular flexibility index (Phi) is 9.36. The van der Waals surface area contributed by atoms with Gasteiger partial charge in [-0.25, -0.2) is 9.78 Å². The van der Waals surface area contributed by atoms with Crippen molar-refractivity contribution in [3.05, 3.63) is 89.9 Å². The van der Waals surface area contributed by atoms with Gasteiger partial charge in [0.2, 0.25) is 5.91 Å². The third-order valence-electron chi connectivity index (χ3n) is 6.92. The Morgan fingerprint density at radius 2 is 1.74 bits per heavy atom. The summed E-state index contributed by atoms with van der Waals surface area (Å²) in [5, 5.41) is 2.55. The number of benzene rings is 3. The molecular weight excluding hydrogens is 652 g/mol. The number of anilines is 2. The Labute approximate surface area is 268 Å². The van der Waals surface area contributed by atoms with E-state index in [1.54, 1.807) is 42.8 Å². The van der Waals surface area contributed by atoms with Gasteiger partial charge in [0.15, 0.2) is 11.3 Å². The van der Waals surface area contributed by atoms with Crippen LogP contribution in [-0.4, -0.2) is 52.1 Å². The van der Waals surface area contributed by atoms with Crippen LogP contribution < -0.4 is 15.0 Å². The van der Waals surface area contributed by atoms with Gasteiger partial charge in [-0.1, -0.05) is 30.0 Å². The third-order valence-corrected chi connectivity index (χ3v) is 7.84. The van der Waals surface area contributed by atoms with Crippen LogP contribution >= 0.6 is 11.8 Å². The smallest absolute Gasteiger partial charge is 0.406 e. The van der Waals surface area contributed by atoms with Gasteiger partial charge in [-0.15, -0.1) is 13.2 Å². The molecule has 1 atom stereocenters. The first-order valence-corrected chi connectivity index (χ1v) is 14.7. The number of ether oxygens (including phenoxy) is 2. The number of nitrogens with zero attached hydrogens (tertiary/aromatic N) is 4. The number of halogens is 6. The number of methoxy groups -OCH3 is 1. The highest BCUT2D eigenvalue weighted by Gasteiger charge is 2.44. The second-order valence-corrected chi connectivity index (χ2v) is 11.2. The molecule has 1 aliphatic rings. The molecule has 1 N–H and O–H groups in total. The largest absolute Gasteiger partial charge is 0.573 e. The molecule has 16 heteroatoms. The molecule has 0 aliphatic carbocycles. The van der Waals surface area contributed by atoms with Crippen LogP contribution in [0.3, 0.4) is 0 Å². The van der Waals surface area contributed by atoms with Crippen molar-refractivity contribution in [1.29, 1.82) is 0 Å². The second-order valence-electron chi connectivity index (χ2n) is 10.3. The molecule has 9 nitrogen and oxygen atoms in total. The number of urea groups is 1. The van der Waals surface area contributed by atoms with Gasteiger partial charge < -0.3 is 19.4 Å². The van der Waals surface area contributed by atoms with Crippen LogP contribution in [0.2, 0.25) is 0 Å². The molecule has 5 rings (SSSR count). The molecule has 246 valence electrons. The number of aromatic nitrogens is 2. The molecule has 0 bridgehead atoms. The van der Waals surface area contributed by atoms with E-state index in [1.807, 2.05) is 0 Å². The van der Waals surface area contributed by atoms with Crippen LogP contribution in [0.4, 0.5) is 42.5 Å². The minimum absolute atomic E-state index is 0.0821. The molecule has 1 unspecified atom stereocenters. The first kappa shape index (κ1) is 33.5. The standard InChI is InChI=1S/C31H25F6N5O4S/c1-17-4-10-22(27(45-3)30(32,33)34)25(12-17)42-26(43)15-47-29(42)40-28(44)39-23-11-5-19(13-18(23)2)24-14-41(16-38-24)20-6-8-21(9-7-20)46-31(35,36)37/h4-14,16,27H,15H2,1-3H3,(H,39,44)/b40-29-. The maximum absolute atomic E-state index is 13.8. The number of carbonyl (C=O) groups is 2. The van der Waals surface area contributed by atoms with E-state index in [-0.39, 0.29) is 27.9 Å². The molecule has 3 amide bonds. The van der Waals surface area contributed by atoms with Gasteiger partial charge in [0.1, 0.15) is 5.75 Å². The fourth-order valence-corrected chi connectivity index (χ4v) is 5.67. The van der Waals surface area contributed by atoms with Gasteiger partial charge in [-0.2, -0.15) is 18.2 Å². The summed E-state index contributed by atoms with van der Waals surface area (Å²) in [5.74, 6) is -1.03. The first-order chi connectivity index (χ1) is 22.1. The van der Waals surface area contributed by atoms with Crippen molar-refractivity contribution in [3.63, 3.8) is 0 Å². The predicted molar refractivity (Wildman–Crippen MR) is 164 cm³/mol. The van der Waals surface area contributed by atoms with Crippen LogP contribution in [0.15, 0.2) is 78.2 Å². The summed E-state index contributed by atoms with van der Waals surface area (Å²) >= 11 is 0.917. The molecule has 0 radical (unpaired) electrons. The molecule has 1 saturated heterocycles. The van der Waals surface area contributed by atoms with E-state index in [2.05, 4.69) is 20.0 Å². The Hall–Kier alpha value is -4.83. The normalized spacial score (nSPS) is 15.3. The monoisotopic (exact) mass is 677 g/mol. The summed E-state index contributed by atoms with van der Waals surface area (Å²) in [6, 6.07) is 13.6. The lowest BCUT2D eigenvalue weighted by Crippen LogP contribution is -2.33. The van der Waals surface area contributed by atoms with Crippen molar-refractivity contribution in [1.82, 2.24) is 9.55 Å². The number of rotatable bonds is 7. The van der Waals surface area contributed by atoms with Crippen molar-refractivity contribution < 1.29 is 45.4 Å². The number of aryl methyl sites for hydroxylation is 2. The van der Waals surface area contributed by atoms with Crippen LogP contribution in [-0.2, 0) is 9.53 Å². The molecule has 3 aromatic carbocycles. The molecule has 2 heterocycles. The number of alkyl halides is 6. The first-order valence-electron chi connectivity index (χ1n) is 13.7. The topological polar surface area (TPSA) is 98.1 Å². The van der Waals surface area contributed by atoms with E-state index in [0.717, 1.165) is 23.8 Å². The summed E-state index contributed by atoms with van der Waals surface area (Å²) < 4.78 is 88.9. The van der Waals surface area contributed by atoms with Gasteiger partial charge in [-0.3, -0.25) is 9.69 Å². The Bertz CT molecular complexity index is 1840. The highest BCUT2D eigenvalue weighted by molar-refractivity contribution is 8.15. The van der Waals surface area contributed by atoms with E-state index in [9.17, 15) is 35.9 Å². The van der Waals surface area contributed by atoms with Crippen molar-refractivity contribution >= 4 is 40.2 Å². The van der Waals surface area contributed by atoms with E-state index < -0.39 is 30.6 Å². The van der Waals surface area contributed by atoms with Crippen molar-refractivity contribution in [3.8, 4) is 22.7 Å². The number of amides is 3. The molecule has 1 fully saturated rings. The maximum atomic E-state index is 13.8. The summed E-state index contributed by atoms with van der Waals surface area (Å²) in [6.07, 6.45) is -8.70.